The van der Waals surface area contributed by atoms with Gasteiger partial charge in [0.05, 0.1) is 36.0 Å². The van der Waals surface area contributed by atoms with Gasteiger partial charge in [0.2, 0.25) is 0 Å². The quantitative estimate of drug-likeness (QED) is 0.303. The molecule has 3 unspecified atom stereocenters. The molecule has 13 atom stereocenters. The third-order valence-corrected chi connectivity index (χ3v) is 11.1. The van der Waals surface area contributed by atoms with Crippen LogP contribution in [0.5, 0.6) is 0 Å². The van der Waals surface area contributed by atoms with Crippen molar-refractivity contribution >= 4 is 40.6 Å². The summed E-state index contributed by atoms with van der Waals surface area (Å²) in [6, 6.07) is 8.31. The fourth-order valence-electron chi connectivity index (χ4n) is 8.06. The van der Waals surface area contributed by atoms with Gasteiger partial charge >= 0.3 is 12.1 Å². The van der Waals surface area contributed by atoms with Crippen LogP contribution in [0.3, 0.4) is 0 Å². The second kappa shape index (κ2) is 16.5. The molecule has 3 saturated heterocycles. The Labute approximate surface area is 315 Å². The summed E-state index contributed by atoms with van der Waals surface area (Å²) < 4.78 is 46.7. The van der Waals surface area contributed by atoms with E-state index in [1.165, 1.54) is 13.8 Å². The van der Waals surface area contributed by atoms with Crippen molar-refractivity contribution in [2.45, 2.75) is 121 Å². The van der Waals surface area contributed by atoms with Crippen LogP contribution in [-0.2, 0) is 38.1 Å². The van der Waals surface area contributed by atoms with Crippen molar-refractivity contribution in [3.8, 4) is 0 Å². The molecule has 5 rings (SSSR count). The number of aromatic nitrogens is 1. The number of esters is 1. The molecule has 54 heavy (non-hydrogen) atoms. The number of aliphatic hydroxyl groups excluding tert-OH is 1. The third kappa shape index (κ3) is 8.68. The fourth-order valence-corrected chi connectivity index (χ4v) is 8.06. The zero-order valence-corrected chi connectivity index (χ0v) is 32.5. The number of halogens is 1. The maximum Gasteiger partial charge on any atom is 0.407 e. The number of alkyl carbamates (subject to hydrolysis) is 1. The lowest BCUT2D eigenvalue weighted by Gasteiger charge is -2.47. The Morgan fingerprint density at radius 2 is 1.78 bits per heavy atom. The first-order valence-electron chi connectivity index (χ1n) is 18.6. The standard InChI is InChI=1S/C40H54FN3O10/c1-21-20-39(6,50-17-11-12-26-14-15-28-27(19-26)13-10-16-42-28)35(54-36-32(46)29(44(8)9)18-22(2)51-36)24(4)34(47)40(7,41)37(48)52-25(5)33-30(23(3)31(21)45)43-38(49)53-33/h10-16,19,21-25,29-30,32-33,35-36,46H,17-18,20H2,1-9H3,(H,43,49)/b12-11+/t21-,22-,23+,24+,25-,29+,30?,32-,33?,35-,36+,39+,40?/m1/s1. The Hall–Kier alpha value is -3.82. The van der Waals surface area contributed by atoms with Crippen LogP contribution in [0, 0.1) is 17.8 Å². The van der Waals surface area contributed by atoms with E-state index in [4.69, 9.17) is 23.7 Å². The number of alkyl halides is 1. The molecule has 1 aromatic heterocycles. The second-order valence-electron chi connectivity index (χ2n) is 15.7. The van der Waals surface area contributed by atoms with Gasteiger partial charge in [-0.2, -0.15) is 0 Å². The van der Waals surface area contributed by atoms with Crippen LogP contribution in [-0.4, -0.2) is 119 Å². The number of amides is 1. The summed E-state index contributed by atoms with van der Waals surface area (Å²) in [5.74, 6) is -5.88. The summed E-state index contributed by atoms with van der Waals surface area (Å²) in [7, 11) is 3.64. The highest BCUT2D eigenvalue weighted by molar-refractivity contribution is 6.07. The van der Waals surface area contributed by atoms with E-state index in [1.54, 1.807) is 33.0 Å². The van der Waals surface area contributed by atoms with E-state index < -0.39 is 83.6 Å². The van der Waals surface area contributed by atoms with E-state index in [0.29, 0.717) is 6.42 Å². The van der Waals surface area contributed by atoms with E-state index in [-0.39, 0.29) is 31.0 Å². The van der Waals surface area contributed by atoms with Gasteiger partial charge in [-0.15, -0.1) is 0 Å². The Morgan fingerprint density at radius 3 is 2.48 bits per heavy atom. The van der Waals surface area contributed by atoms with Gasteiger partial charge in [-0.05, 0) is 78.4 Å². The van der Waals surface area contributed by atoms with Gasteiger partial charge in [0, 0.05) is 35.4 Å². The number of benzene rings is 1. The summed E-state index contributed by atoms with van der Waals surface area (Å²) in [4.78, 5) is 60.4. The molecule has 0 aliphatic carbocycles. The number of carbonyl (C=O) groups excluding carboxylic acids is 4. The van der Waals surface area contributed by atoms with E-state index >= 15 is 4.39 Å². The number of fused-ring (bicyclic) bond motifs is 2. The first-order chi connectivity index (χ1) is 25.3. The molecule has 14 heteroatoms. The minimum Gasteiger partial charge on any atom is -0.456 e. The molecule has 0 radical (unpaired) electrons. The molecule has 0 spiro atoms. The average Bonchev–Trinajstić information content (AvgIpc) is 3.53. The van der Waals surface area contributed by atoms with Crippen LogP contribution in [0.1, 0.15) is 66.9 Å². The molecule has 0 saturated carbocycles. The summed E-state index contributed by atoms with van der Waals surface area (Å²) in [5.41, 5.74) is -2.97. The topological polar surface area (TPSA) is 163 Å². The Bertz CT molecular complexity index is 1740. The number of pyridine rings is 1. The molecular weight excluding hydrogens is 701 g/mol. The van der Waals surface area contributed by atoms with Gasteiger partial charge in [0.25, 0.3) is 5.67 Å². The zero-order chi connectivity index (χ0) is 39.7. The van der Waals surface area contributed by atoms with Gasteiger partial charge in [-0.1, -0.05) is 45.1 Å². The Morgan fingerprint density at radius 1 is 1.06 bits per heavy atom. The van der Waals surface area contributed by atoms with Gasteiger partial charge in [0.1, 0.15) is 18.0 Å². The predicted octanol–water partition coefficient (Wildman–Crippen LogP) is 4.42. The number of hydrogen-bond donors (Lipinski definition) is 2. The normalized spacial score (nSPS) is 38.6. The van der Waals surface area contributed by atoms with Crippen LogP contribution in [0.2, 0.25) is 0 Å². The highest BCUT2D eigenvalue weighted by atomic mass is 19.1. The highest BCUT2D eigenvalue weighted by Gasteiger charge is 2.55. The molecule has 3 aliphatic heterocycles. The first kappa shape index (κ1) is 41.3. The molecule has 0 bridgehead atoms. The number of rotatable bonds is 7. The average molecular weight is 756 g/mol. The summed E-state index contributed by atoms with van der Waals surface area (Å²) in [6.07, 6.45) is -1.48. The largest absolute Gasteiger partial charge is 0.456 e. The molecule has 1 amide bonds. The molecule has 296 valence electrons. The molecular formula is C40H54FN3O10. The Kier molecular flexibility index (Phi) is 12.6. The minimum atomic E-state index is -3.17. The van der Waals surface area contributed by atoms with Gasteiger partial charge in [-0.25, -0.2) is 14.0 Å². The van der Waals surface area contributed by atoms with Crippen molar-refractivity contribution in [1.29, 1.82) is 0 Å². The van der Waals surface area contributed by atoms with Gasteiger partial charge < -0.3 is 39.0 Å². The van der Waals surface area contributed by atoms with Crippen molar-refractivity contribution in [2.24, 2.45) is 17.8 Å². The lowest BCUT2D eigenvalue weighted by molar-refractivity contribution is -0.297. The molecule has 2 aromatic rings. The molecule has 2 N–H and O–H groups in total. The lowest BCUT2D eigenvalue weighted by atomic mass is 9.75. The van der Waals surface area contributed by atoms with Gasteiger partial charge in [0.15, 0.2) is 18.2 Å². The van der Waals surface area contributed by atoms with Crippen molar-refractivity contribution in [1.82, 2.24) is 15.2 Å². The third-order valence-electron chi connectivity index (χ3n) is 11.1. The smallest absolute Gasteiger partial charge is 0.407 e. The maximum absolute atomic E-state index is 16.6. The second-order valence-corrected chi connectivity index (χ2v) is 15.7. The molecule has 3 fully saturated rings. The number of nitrogens with one attached hydrogen (secondary N) is 1. The highest BCUT2D eigenvalue weighted by Crippen LogP contribution is 2.39. The number of ether oxygens (including phenoxy) is 5. The van der Waals surface area contributed by atoms with Crippen molar-refractivity contribution in [2.75, 3.05) is 20.7 Å². The van der Waals surface area contributed by atoms with E-state index in [1.807, 2.05) is 62.3 Å². The summed E-state index contributed by atoms with van der Waals surface area (Å²) >= 11 is 0. The van der Waals surface area contributed by atoms with Crippen LogP contribution < -0.4 is 5.32 Å². The molecule has 13 nitrogen and oxygen atoms in total. The number of carbonyl (C=O) groups is 4. The Balaban J connectivity index is 1.56. The fraction of sp³-hybridized carbons (Fsp3) is 0.625. The monoisotopic (exact) mass is 755 g/mol. The lowest BCUT2D eigenvalue weighted by Crippen LogP contribution is -2.60. The SMILES string of the molecule is C[C@@H]1C[C@H](N(C)C)[C@@H](O)[C@H](O[C@@H]2[C@@H](C)C(=O)C(C)(F)C(=O)O[C@H](C)C3OC(=O)NC3[C@H](C)C(=O)[C@H](C)C[C@]2(C)OC/C=C/c2ccc3ncccc3c2)O1. The molecule has 4 heterocycles. The minimum absolute atomic E-state index is 0.0232. The predicted molar refractivity (Wildman–Crippen MR) is 197 cm³/mol. The van der Waals surface area contributed by atoms with Gasteiger partial charge in [-0.3, -0.25) is 14.6 Å². The van der Waals surface area contributed by atoms with Crippen LogP contribution in [0.4, 0.5) is 9.18 Å². The van der Waals surface area contributed by atoms with E-state index in [2.05, 4.69) is 10.3 Å². The van der Waals surface area contributed by atoms with Crippen LogP contribution >= 0.6 is 0 Å². The first-order valence-corrected chi connectivity index (χ1v) is 18.6. The number of ketones is 2. The van der Waals surface area contributed by atoms with Crippen LogP contribution in [0.25, 0.3) is 17.0 Å². The maximum atomic E-state index is 16.6. The summed E-state index contributed by atoms with van der Waals surface area (Å²) in [5, 5.41) is 15.1. The van der Waals surface area contributed by atoms with Crippen molar-refractivity contribution in [3.63, 3.8) is 0 Å². The van der Waals surface area contributed by atoms with E-state index in [9.17, 15) is 24.3 Å². The van der Waals surface area contributed by atoms with Crippen molar-refractivity contribution < 1.29 is 52.4 Å². The van der Waals surface area contributed by atoms with E-state index in [0.717, 1.165) is 23.4 Å². The number of aliphatic hydroxyl groups is 1. The molecule has 1 aromatic carbocycles. The number of hydrogen-bond acceptors (Lipinski definition) is 12. The summed E-state index contributed by atoms with van der Waals surface area (Å²) in [6.45, 7) is 10.5. The number of likely N-dealkylation sites (N-methyl/N-ethyl adjacent to an activating group) is 1. The van der Waals surface area contributed by atoms with Crippen LogP contribution in [0.15, 0.2) is 42.6 Å². The van der Waals surface area contributed by atoms with Crippen molar-refractivity contribution in [3.05, 3.63) is 48.2 Å². The molecule has 3 aliphatic rings. The zero-order valence-electron chi connectivity index (χ0n) is 32.5. The number of nitrogens with zero attached hydrogens (tertiary/aromatic N) is 2. The number of Topliss-reactive ketones (excluding diaryl/α,β-unsaturated/α-hetero) is 2. The number of cyclic esters (lactones) is 1.